The first-order chi connectivity index (χ1) is 4.90. The summed E-state index contributed by atoms with van der Waals surface area (Å²) in [6.45, 7) is 3.35. The Hall–Kier alpha value is -0.340. The summed E-state index contributed by atoms with van der Waals surface area (Å²) in [6, 6.07) is 0. The first-order valence-electron chi connectivity index (χ1n) is 3.43. The van der Waals surface area contributed by atoms with Gasteiger partial charge in [-0.3, -0.25) is 9.36 Å². The van der Waals surface area contributed by atoms with Crippen LogP contribution >= 0.6 is 7.37 Å². The minimum atomic E-state index is -3.44. The van der Waals surface area contributed by atoms with E-state index < -0.39 is 25.2 Å². The fraction of sp³-hybridized carbons (Fsp3) is 0.833. The van der Waals surface area contributed by atoms with Gasteiger partial charge in [0.25, 0.3) is 0 Å². The van der Waals surface area contributed by atoms with Crippen LogP contribution < -0.4 is 0 Å². The molecule has 5 heteroatoms. The topological polar surface area (TPSA) is 74.6 Å². The molecule has 0 amide bonds. The smallest absolute Gasteiger partial charge is 0.313 e. The van der Waals surface area contributed by atoms with Gasteiger partial charge in [-0.2, -0.15) is 0 Å². The van der Waals surface area contributed by atoms with E-state index in [0.717, 1.165) is 0 Å². The summed E-state index contributed by atoms with van der Waals surface area (Å²) in [5.74, 6) is -1.21. The predicted octanol–water partition coefficient (Wildman–Crippen LogP) is 1.14. The van der Waals surface area contributed by atoms with Crippen molar-refractivity contribution >= 4 is 13.3 Å². The molecule has 66 valence electrons. The van der Waals surface area contributed by atoms with Gasteiger partial charge < -0.3 is 10.00 Å². The van der Waals surface area contributed by atoms with Crippen molar-refractivity contribution in [3.63, 3.8) is 0 Å². The number of rotatable bonds is 4. The standard InChI is InChI=1S/C6H13O4P/c1-3-5(2)11(9,10)4-6(7)8/h5H,3-4H2,1-2H3,(H,7,8)(H,9,10). The third kappa shape index (κ3) is 3.54. The lowest BCUT2D eigenvalue weighted by molar-refractivity contribution is -0.134. The van der Waals surface area contributed by atoms with Gasteiger partial charge >= 0.3 is 5.97 Å². The Morgan fingerprint density at radius 3 is 2.36 bits per heavy atom. The summed E-state index contributed by atoms with van der Waals surface area (Å²) < 4.78 is 11.1. The van der Waals surface area contributed by atoms with Crippen LogP contribution in [0.1, 0.15) is 20.3 Å². The minimum Gasteiger partial charge on any atom is -0.481 e. The summed E-state index contributed by atoms with van der Waals surface area (Å²) in [4.78, 5) is 19.2. The van der Waals surface area contributed by atoms with Gasteiger partial charge in [0.05, 0.1) is 0 Å². The van der Waals surface area contributed by atoms with Crippen molar-refractivity contribution in [2.45, 2.75) is 25.9 Å². The molecule has 0 aromatic rings. The molecule has 2 unspecified atom stereocenters. The molecule has 0 saturated heterocycles. The average molecular weight is 180 g/mol. The molecule has 0 heterocycles. The quantitative estimate of drug-likeness (QED) is 0.636. The molecule has 0 radical (unpaired) electrons. The molecule has 0 bridgehead atoms. The summed E-state index contributed by atoms with van der Waals surface area (Å²) in [5, 5.41) is 8.26. The SMILES string of the molecule is CCC(C)P(=O)(O)CC(=O)O. The lowest BCUT2D eigenvalue weighted by atomic mass is 10.4. The Balaban J connectivity index is 4.22. The number of carboxylic acid groups (broad SMARTS) is 1. The van der Waals surface area contributed by atoms with E-state index in [1.165, 1.54) is 0 Å². The summed E-state index contributed by atoms with van der Waals surface area (Å²) >= 11 is 0. The van der Waals surface area contributed by atoms with Crippen LogP contribution in [0.2, 0.25) is 0 Å². The zero-order chi connectivity index (χ0) is 9.07. The van der Waals surface area contributed by atoms with Crippen LogP contribution in [0, 0.1) is 0 Å². The highest BCUT2D eigenvalue weighted by molar-refractivity contribution is 7.59. The van der Waals surface area contributed by atoms with Gasteiger partial charge in [-0.15, -0.1) is 0 Å². The summed E-state index contributed by atoms with van der Waals surface area (Å²) in [5.41, 5.74) is -0.418. The third-order valence-electron chi connectivity index (χ3n) is 1.64. The first kappa shape index (κ1) is 10.7. The van der Waals surface area contributed by atoms with Crippen LogP contribution in [0.15, 0.2) is 0 Å². The van der Waals surface area contributed by atoms with Gasteiger partial charge in [-0.25, -0.2) is 0 Å². The highest BCUT2D eigenvalue weighted by Gasteiger charge is 2.28. The highest BCUT2D eigenvalue weighted by atomic mass is 31.2. The minimum absolute atomic E-state index is 0.418. The van der Waals surface area contributed by atoms with Crippen LogP contribution in [-0.4, -0.2) is 27.8 Å². The number of hydrogen-bond acceptors (Lipinski definition) is 2. The Bertz CT molecular complexity index is 189. The molecule has 2 N–H and O–H groups in total. The fourth-order valence-corrected chi connectivity index (χ4v) is 1.90. The van der Waals surface area contributed by atoms with Crippen LogP contribution in [-0.2, 0) is 9.36 Å². The fourth-order valence-electron chi connectivity index (χ4n) is 0.635. The summed E-state index contributed by atoms with van der Waals surface area (Å²) in [6.07, 6.45) is -0.0942. The van der Waals surface area contributed by atoms with E-state index in [-0.39, 0.29) is 0 Å². The van der Waals surface area contributed by atoms with E-state index in [1.54, 1.807) is 13.8 Å². The maximum atomic E-state index is 11.1. The van der Waals surface area contributed by atoms with Crippen molar-refractivity contribution in [1.82, 2.24) is 0 Å². The van der Waals surface area contributed by atoms with Crippen LogP contribution in [0.25, 0.3) is 0 Å². The van der Waals surface area contributed by atoms with E-state index in [2.05, 4.69) is 0 Å². The lowest BCUT2D eigenvalue weighted by Gasteiger charge is -2.14. The lowest BCUT2D eigenvalue weighted by Crippen LogP contribution is -2.11. The van der Waals surface area contributed by atoms with Gasteiger partial charge in [0, 0.05) is 5.66 Å². The van der Waals surface area contributed by atoms with Gasteiger partial charge in [-0.1, -0.05) is 13.8 Å². The average Bonchev–Trinajstić information content (AvgIpc) is 1.83. The monoisotopic (exact) mass is 180 g/mol. The molecule has 0 aliphatic heterocycles. The molecular weight excluding hydrogens is 167 g/mol. The molecule has 0 aromatic carbocycles. The second-order valence-electron chi connectivity index (χ2n) is 2.56. The van der Waals surface area contributed by atoms with Gasteiger partial charge in [0.15, 0.2) is 0 Å². The Morgan fingerprint density at radius 1 is 1.64 bits per heavy atom. The molecule has 0 aliphatic carbocycles. The van der Waals surface area contributed by atoms with Gasteiger partial charge in [0.2, 0.25) is 7.37 Å². The summed E-state index contributed by atoms with van der Waals surface area (Å²) in [7, 11) is -3.44. The molecule has 0 aliphatic rings. The van der Waals surface area contributed by atoms with Gasteiger partial charge in [-0.05, 0) is 6.42 Å². The molecule has 0 rings (SSSR count). The van der Waals surface area contributed by atoms with Crippen LogP contribution in [0.5, 0.6) is 0 Å². The van der Waals surface area contributed by atoms with Crippen molar-refractivity contribution < 1.29 is 19.4 Å². The van der Waals surface area contributed by atoms with Gasteiger partial charge in [0.1, 0.15) is 6.16 Å². The van der Waals surface area contributed by atoms with Crippen LogP contribution in [0.4, 0.5) is 0 Å². The van der Waals surface area contributed by atoms with Crippen molar-refractivity contribution in [3.8, 4) is 0 Å². The Morgan fingerprint density at radius 2 is 2.09 bits per heavy atom. The number of aliphatic carboxylic acids is 1. The molecule has 2 atom stereocenters. The normalized spacial score (nSPS) is 18.8. The number of hydrogen-bond donors (Lipinski definition) is 2. The van der Waals surface area contributed by atoms with E-state index in [9.17, 15) is 9.36 Å². The molecule has 0 saturated carbocycles. The number of carbonyl (C=O) groups is 1. The molecule has 0 aromatic heterocycles. The van der Waals surface area contributed by atoms with E-state index >= 15 is 0 Å². The maximum absolute atomic E-state index is 11.1. The van der Waals surface area contributed by atoms with E-state index in [4.69, 9.17) is 10.00 Å². The van der Waals surface area contributed by atoms with Crippen molar-refractivity contribution in [1.29, 1.82) is 0 Å². The van der Waals surface area contributed by atoms with Crippen molar-refractivity contribution in [2.24, 2.45) is 0 Å². The molecule has 0 spiro atoms. The molecular formula is C6H13O4P. The van der Waals surface area contributed by atoms with Crippen molar-refractivity contribution in [3.05, 3.63) is 0 Å². The van der Waals surface area contributed by atoms with E-state index in [0.29, 0.717) is 6.42 Å². The Kier molecular flexibility index (Phi) is 3.76. The predicted molar refractivity (Wildman–Crippen MR) is 42.1 cm³/mol. The zero-order valence-electron chi connectivity index (χ0n) is 6.65. The first-order valence-corrected chi connectivity index (χ1v) is 5.34. The Labute approximate surface area is 65.7 Å². The second-order valence-corrected chi connectivity index (χ2v) is 5.27. The van der Waals surface area contributed by atoms with Crippen molar-refractivity contribution in [2.75, 3.05) is 6.16 Å². The molecule has 11 heavy (non-hydrogen) atoms. The number of carboxylic acids is 1. The molecule has 0 fully saturated rings. The van der Waals surface area contributed by atoms with E-state index in [1.807, 2.05) is 0 Å². The largest absolute Gasteiger partial charge is 0.481 e. The maximum Gasteiger partial charge on any atom is 0.313 e. The highest BCUT2D eigenvalue weighted by Crippen LogP contribution is 2.46. The zero-order valence-corrected chi connectivity index (χ0v) is 7.54. The third-order valence-corrected chi connectivity index (χ3v) is 4.11. The van der Waals surface area contributed by atoms with Crippen LogP contribution in [0.3, 0.4) is 0 Å². The second kappa shape index (κ2) is 3.88. The molecule has 4 nitrogen and oxygen atoms in total.